The number of nitrogens with one attached hydrogen (secondary N) is 1. The zero-order chi connectivity index (χ0) is 14.5. The summed E-state index contributed by atoms with van der Waals surface area (Å²) >= 11 is 3.21. The SMILES string of the molecule is NC(=O)Cc1ccccc1NC(=O)c1ccc(Br)nc1. The van der Waals surface area contributed by atoms with E-state index in [-0.39, 0.29) is 12.3 Å². The van der Waals surface area contributed by atoms with E-state index in [0.717, 1.165) is 0 Å². The molecule has 1 heterocycles. The predicted molar refractivity (Wildman–Crippen MR) is 79.2 cm³/mol. The molecule has 0 saturated heterocycles. The monoisotopic (exact) mass is 333 g/mol. The lowest BCUT2D eigenvalue weighted by Crippen LogP contribution is -2.17. The molecule has 6 heteroatoms. The molecule has 0 spiro atoms. The number of carbonyl (C=O) groups excluding carboxylic acids is 2. The average Bonchev–Trinajstić information content (AvgIpc) is 2.41. The number of primary amides is 1. The molecule has 0 aliphatic carbocycles. The fourth-order valence-corrected chi connectivity index (χ4v) is 1.92. The van der Waals surface area contributed by atoms with Crippen LogP contribution in [0.15, 0.2) is 47.2 Å². The van der Waals surface area contributed by atoms with Crippen LogP contribution in [0.3, 0.4) is 0 Å². The van der Waals surface area contributed by atoms with Crippen molar-refractivity contribution in [3.05, 3.63) is 58.3 Å². The normalized spacial score (nSPS) is 10.1. The van der Waals surface area contributed by atoms with Gasteiger partial charge in [-0.2, -0.15) is 0 Å². The summed E-state index contributed by atoms with van der Waals surface area (Å²) in [4.78, 5) is 27.1. The molecule has 1 aromatic carbocycles. The maximum absolute atomic E-state index is 12.1. The Hall–Kier alpha value is -2.21. The molecule has 1 aromatic heterocycles. The molecule has 0 bridgehead atoms. The Bertz CT molecular complexity index is 641. The summed E-state index contributed by atoms with van der Waals surface area (Å²) in [5, 5.41) is 2.75. The van der Waals surface area contributed by atoms with E-state index >= 15 is 0 Å². The van der Waals surface area contributed by atoms with Gasteiger partial charge in [0.15, 0.2) is 0 Å². The Morgan fingerprint density at radius 2 is 1.95 bits per heavy atom. The average molecular weight is 334 g/mol. The number of benzene rings is 1. The van der Waals surface area contributed by atoms with Crippen LogP contribution in [0.4, 0.5) is 5.69 Å². The molecule has 102 valence electrons. The van der Waals surface area contributed by atoms with Crippen molar-refractivity contribution in [3.8, 4) is 0 Å². The number of hydrogen-bond acceptors (Lipinski definition) is 3. The number of amides is 2. The molecule has 5 nitrogen and oxygen atoms in total. The second-order valence-corrected chi connectivity index (χ2v) is 4.94. The van der Waals surface area contributed by atoms with E-state index in [2.05, 4.69) is 26.2 Å². The third-order valence-corrected chi connectivity index (χ3v) is 3.09. The molecule has 0 aliphatic rings. The van der Waals surface area contributed by atoms with Gasteiger partial charge in [0.05, 0.1) is 12.0 Å². The first-order valence-corrected chi connectivity index (χ1v) is 6.64. The maximum atomic E-state index is 12.1. The van der Waals surface area contributed by atoms with E-state index in [1.807, 2.05) is 0 Å². The lowest BCUT2D eigenvalue weighted by Gasteiger charge is -2.09. The second-order valence-electron chi connectivity index (χ2n) is 4.12. The highest BCUT2D eigenvalue weighted by atomic mass is 79.9. The third kappa shape index (κ3) is 3.64. The van der Waals surface area contributed by atoms with Gasteiger partial charge in [-0.1, -0.05) is 18.2 Å². The minimum Gasteiger partial charge on any atom is -0.369 e. The predicted octanol–water partition coefficient (Wildman–Crippen LogP) is 2.12. The summed E-state index contributed by atoms with van der Waals surface area (Å²) in [6.07, 6.45) is 1.55. The van der Waals surface area contributed by atoms with Crippen molar-refractivity contribution < 1.29 is 9.59 Å². The van der Waals surface area contributed by atoms with Crippen LogP contribution in [0.2, 0.25) is 0 Å². The van der Waals surface area contributed by atoms with Crippen LogP contribution in [0.25, 0.3) is 0 Å². The number of nitrogens with zero attached hydrogens (tertiary/aromatic N) is 1. The molecule has 0 saturated carbocycles. The van der Waals surface area contributed by atoms with E-state index in [0.29, 0.717) is 21.4 Å². The quantitative estimate of drug-likeness (QED) is 0.840. The second kappa shape index (κ2) is 6.29. The zero-order valence-electron chi connectivity index (χ0n) is 10.5. The molecule has 0 aliphatic heterocycles. The van der Waals surface area contributed by atoms with Crippen molar-refractivity contribution in [1.82, 2.24) is 4.98 Å². The third-order valence-electron chi connectivity index (χ3n) is 2.62. The van der Waals surface area contributed by atoms with Crippen LogP contribution in [0.1, 0.15) is 15.9 Å². The molecule has 2 rings (SSSR count). The number of pyridine rings is 1. The van der Waals surface area contributed by atoms with E-state index in [4.69, 9.17) is 5.73 Å². The number of hydrogen-bond donors (Lipinski definition) is 2. The number of halogens is 1. The molecular weight excluding hydrogens is 322 g/mol. The van der Waals surface area contributed by atoms with Crippen LogP contribution < -0.4 is 11.1 Å². The van der Waals surface area contributed by atoms with Gasteiger partial charge in [0, 0.05) is 11.9 Å². The van der Waals surface area contributed by atoms with Crippen molar-refractivity contribution in [3.63, 3.8) is 0 Å². The van der Waals surface area contributed by atoms with Crippen LogP contribution in [-0.4, -0.2) is 16.8 Å². The highest BCUT2D eigenvalue weighted by Crippen LogP contribution is 2.17. The summed E-state index contributed by atoms with van der Waals surface area (Å²) in [6, 6.07) is 10.4. The van der Waals surface area contributed by atoms with Gasteiger partial charge in [-0.15, -0.1) is 0 Å². The fraction of sp³-hybridized carbons (Fsp3) is 0.0714. The molecular formula is C14H12BrN3O2. The van der Waals surface area contributed by atoms with Crippen LogP contribution in [0.5, 0.6) is 0 Å². The van der Waals surface area contributed by atoms with Crippen molar-refractivity contribution >= 4 is 33.4 Å². The summed E-state index contributed by atoms with van der Waals surface area (Å²) < 4.78 is 0.656. The Morgan fingerprint density at radius 1 is 1.20 bits per heavy atom. The van der Waals surface area contributed by atoms with Gasteiger partial charge in [0.1, 0.15) is 4.60 Å². The molecule has 2 amide bonds. The number of carbonyl (C=O) groups is 2. The van der Waals surface area contributed by atoms with Gasteiger partial charge in [-0.25, -0.2) is 4.98 Å². The minimum atomic E-state index is -0.447. The van der Waals surface area contributed by atoms with Crippen LogP contribution in [0, 0.1) is 0 Å². The standard InChI is InChI=1S/C14H12BrN3O2/c15-12-6-5-10(8-17-12)14(20)18-11-4-2-1-3-9(11)7-13(16)19/h1-6,8H,7H2,(H2,16,19)(H,18,20). The van der Waals surface area contributed by atoms with Gasteiger partial charge in [-0.3, -0.25) is 9.59 Å². The van der Waals surface area contributed by atoms with E-state index in [9.17, 15) is 9.59 Å². The van der Waals surface area contributed by atoms with E-state index in [1.54, 1.807) is 36.4 Å². The Labute approximate surface area is 124 Å². The molecule has 0 radical (unpaired) electrons. The first-order valence-electron chi connectivity index (χ1n) is 5.85. The molecule has 2 aromatic rings. The molecule has 0 unspecified atom stereocenters. The van der Waals surface area contributed by atoms with Gasteiger partial charge in [0.25, 0.3) is 5.91 Å². The summed E-state index contributed by atoms with van der Waals surface area (Å²) in [7, 11) is 0. The summed E-state index contributed by atoms with van der Waals surface area (Å²) in [6.45, 7) is 0. The van der Waals surface area contributed by atoms with Crippen molar-refractivity contribution in [2.75, 3.05) is 5.32 Å². The smallest absolute Gasteiger partial charge is 0.257 e. The van der Waals surface area contributed by atoms with E-state index in [1.165, 1.54) is 6.20 Å². The lowest BCUT2D eigenvalue weighted by atomic mass is 10.1. The molecule has 20 heavy (non-hydrogen) atoms. The number of rotatable bonds is 4. The summed E-state index contributed by atoms with van der Waals surface area (Å²) in [5.41, 5.74) is 6.87. The number of nitrogens with two attached hydrogens (primary N) is 1. The Kier molecular flexibility index (Phi) is 4.47. The fourth-order valence-electron chi connectivity index (χ4n) is 1.69. The minimum absolute atomic E-state index is 0.0784. The van der Waals surface area contributed by atoms with Gasteiger partial charge >= 0.3 is 0 Å². The van der Waals surface area contributed by atoms with Crippen LogP contribution >= 0.6 is 15.9 Å². The Balaban J connectivity index is 2.19. The molecule has 3 N–H and O–H groups in total. The number of aromatic nitrogens is 1. The van der Waals surface area contributed by atoms with Gasteiger partial charge in [0.2, 0.25) is 5.91 Å². The van der Waals surface area contributed by atoms with Crippen molar-refractivity contribution in [1.29, 1.82) is 0 Å². The van der Waals surface area contributed by atoms with Gasteiger partial charge in [-0.05, 0) is 39.7 Å². The van der Waals surface area contributed by atoms with E-state index < -0.39 is 5.91 Å². The zero-order valence-corrected chi connectivity index (χ0v) is 12.1. The summed E-state index contributed by atoms with van der Waals surface area (Å²) in [5.74, 6) is -0.737. The van der Waals surface area contributed by atoms with Crippen molar-refractivity contribution in [2.45, 2.75) is 6.42 Å². The first-order chi connectivity index (χ1) is 9.56. The molecule has 0 fully saturated rings. The maximum Gasteiger partial charge on any atom is 0.257 e. The highest BCUT2D eigenvalue weighted by molar-refractivity contribution is 9.10. The van der Waals surface area contributed by atoms with Crippen LogP contribution in [-0.2, 0) is 11.2 Å². The highest BCUT2D eigenvalue weighted by Gasteiger charge is 2.10. The molecule has 0 atom stereocenters. The topological polar surface area (TPSA) is 85.1 Å². The van der Waals surface area contributed by atoms with Crippen molar-refractivity contribution in [2.24, 2.45) is 5.73 Å². The number of anilines is 1. The number of para-hydroxylation sites is 1. The van der Waals surface area contributed by atoms with Gasteiger partial charge < -0.3 is 11.1 Å². The Morgan fingerprint density at radius 3 is 2.60 bits per heavy atom. The largest absolute Gasteiger partial charge is 0.369 e. The lowest BCUT2D eigenvalue weighted by molar-refractivity contribution is -0.117. The first kappa shape index (κ1) is 14.2.